The number of ether oxygens (including phenoxy) is 1. The summed E-state index contributed by atoms with van der Waals surface area (Å²) in [6.45, 7) is 4.96. The summed E-state index contributed by atoms with van der Waals surface area (Å²) in [6, 6.07) is -0.538. The third kappa shape index (κ3) is 55.8. The van der Waals surface area contributed by atoms with Gasteiger partial charge in [0.1, 0.15) is 0 Å². The normalized spacial score (nSPS) is 12.6. The lowest BCUT2D eigenvalue weighted by Gasteiger charge is -2.22. The summed E-state index contributed by atoms with van der Waals surface area (Å²) in [7, 11) is 0. The van der Waals surface area contributed by atoms with Gasteiger partial charge < -0.3 is 20.3 Å². The molecule has 1 amide bonds. The average Bonchev–Trinajstić information content (AvgIpc) is 3.35. The average molecular weight is 975 g/mol. The highest BCUT2D eigenvalue weighted by Crippen LogP contribution is 2.18. The monoisotopic (exact) mass is 974 g/mol. The fourth-order valence-corrected chi connectivity index (χ4v) is 9.99. The molecule has 0 aliphatic heterocycles. The Hall–Kier alpha value is -1.40. The maximum absolute atomic E-state index is 12.4. The molecule has 0 aliphatic rings. The molecule has 0 radical (unpaired) electrons. The highest BCUT2D eigenvalue weighted by Gasteiger charge is 2.20. The molecule has 0 aromatic rings. The molecule has 0 aromatic heterocycles. The minimum Gasteiger partial charge on any atom is -0.466 e. The second-order valence-electron chi connectivity index (χ2n) is 21.7. The van der Waals surface area contributed by atoms with E-state index in [4.69, 9.17) is 4.74 Å². The van der Waals surface area contributed by atoms with Crippen LogP contribution in [0.1, 0.15) is 354 Å². The molecule has 0 saturated carbocycles. The zero-order valence-electron chi connectivity index (χ0n) is 46.8. The van der Waals surface area contributed by atoms with Gasteiger partial charge in [0, 0.05) is 12.8 Å². The van der Waals surface area contributed by atoms with E-state index in [2.05, 4.69) is 31.3 Å². The fourth-order valence-electron chi connectivity index (χ4n) is 9.99. The maximum Gasteiger partial charge on any atom is 0.305 e. The number of allylic oxidation sites excluding steroid dienone is 2. The van der Waals surface area contributed by atoms with Crippen LogP contribution in [0.3, 0.4) is 0 Å². The van der Waals surface area contributed by atoms with Crippen molar-refractivity contribution >= 4 is 11.9 Å². The minimum absolute atomic E-state index is 0.00958. The van der Waals surface area contributed by atoms with Gasteiger partial charge in [0.05, 0.1) is 25.4 Å². The molecule has 0 bridgehead atoms. The molecule has 410 valence electrons. The van der Waals surface area contributed by atoms with Crippen molar-refractivity contribution in [3.05, 3.63) is 12.2 Å². The van der Waals surface area contributed by atoms with Crippen molar-refractivity contribution in [1.29, 1.82) is 0 Å². The molecule has 0 aromatic carbocycles. The van der Waals surface area contributed by atoms with Gasteiger partial charge in [0.25, 0.3) is 0 Å². The van der Waals surface area contributed by atoms with Crippen molar-refractivity contribution in [3.8, 4) is 0 Å². The topological polar surface area (TPSA) is 95.9 Å². The summed E-state index contributed by atoms with van der Waals surface area (Å²) in [5.41, 5.74) is 0. The molecule has 3 N–H and O–H groups in total. The van der Waals surface area contributed by atoms with E-state index in [1.807, 2.05) is 0 Å². The molecule has 0 aliphatic carbocycles. The van der Waals surface area contributed by atoms with E-state index >= 15 is 0 Å². The molecule has 0 fully saturated rings. The van der Waals surface area contributed by atoms with Crippen LogP contribution in [0.15, 0.2) is 12.2 Å². The molecule has 2 atom stereocenters. The van der Waals surface area contributed by atoms with Crippen molar-refractivity contribution in [2.45, 2.75) is 366 Å². The van der Waals surface area contributed by atoms with Gasteiger partial charge >= 0.3 is 5.97 Å². The number of hydrogen-bond donors (Lipinski definition) is 3. The second kappa shape index (κ2) is 59.2. The van der Waals surface area contributed by atoms with Gasteiger partial charge in [-0.2, -0.15) is 0 Å². The van der Waals surface area contributed by atoms with Crippen LogP contribution in [0, 0.1) is 0 Å². The number of aliphatic hydroxyl groups excluding tert-OH is 2. The van der Waals surface area contributed by atoms with Crippen molar-refractivity contribution in [3.63, 3.8) is 0 Å². The lowest BCUT2D eigenvalue weighted by Crippen LogP contribution is -2.45. The Bertz CT molecular complexity index is 1030. The first-order valence-corrected chi connectivity index (χ1v) is 31.4. The van der Waals surface area contributed by atoms with Crippen molar-refractivity contribution in [1.82, 2.24) is 5.32 Å². The largest absolute Gasteiger partial charge is 0.466 e. The maximum atomic E-state index is 12.4. The minimum atomic E-state index is -0.661. The summed E-state index contributed by atoms with van der Waals surface area (Å²) in [5, 5.41) is 23.2. The van der Waals surface area contributed by atoms with Crippen LogP contribution in [0.2, 0.25) is 0 Å². The third-order valence-corrected chi connectivity index (χ3v) is 14.8. The number of unbranched alkanes of at least 4 members (excludes halogenated alkanes) is 46. The fraction of sp³-hybridized carbons (Fsp3) is 0.937. The van der Waals surface area contributed by atoms with Crippen LogP contribution in [0.5, 0.6) is 0 Å². The second-order valence-corrected chi connectivity index (χ2v) is 21.7. The summed E-state index contributed by atoms with van der Waals surface area (Å²) in [4.78, 5) is 24.5. The first-order chi connectivity index (χ1) is 34.0. The number of carbonyl (C=O) groups is 2. The van der Waals surface area contributed by atoms with Crippen molar-refractivity contribution in [2.75, 3.05) is 13.2 Å². The van der Waals surface area contributed by atoms with Gasteiger partial charge in [-0.3, -0.25) is 9.59 Å². The molecule has 0 saturated heterocycles. The summed E-state index contributed by atoms with van der Waals surface area (Å²) < 4.78 is 5.49. The van der Waals surface area contributed by atoms with Crippen LogP contribution >= 0.6 is 0 Å². The third-order valence-electron chi connectivity index (χ3n) is 14.8. The molecule has 6 heteroatoms. The highest BCUT2D eigenvalue weighted by atomic mass is 16.5. The van der Waals surface area contributed by atoms with Crippen LogP contribution in [-0.2, 0) is 14.3 Å². The molecule has 0 spiro atoms. The van der Waals surface area contributed by atoms with Crippen molar-refractivity contribution < 1.29 is 24.5 Å². The number of amides is 1. The van der Waals surface area contributed by atoms with Crippen LogP contribution < -0.4 is 5.32 Å². The standard InChI is InChI=1S/C63H123NO5/c1-3-5-7-9-11-13-15-16-17-30-33-37-41-45-49-53-57-63(68)69-58-54-50-46-42-38-34-31-28-26-24-22-20-18-19-21-23-25-27-29-32-36-40-44-48-52-56-62(67)64-60(59-65)61(66)55-51-47-43-39-35-14-12-10-8-6-4-2/h17,30,60-61,65-66H,3-16,18-29,31-59H2,1-2H3,(H,64,67)/b30-17-. The summed E-state index contributed by atoms with van der Waals surface area (Å²) >= 11 is 0. The van der Waals surface area contributed by atoms with Crippen LogP contribution in [-0.4, -0.2) is 47.4 Å². The van der Waals surface area contributed by atoms with E-state index in [0.29, 0.717) is 25.9 Å². The number of aliphatic hydroxyl groups is 2. The van der Waals surface area contributed by atoms with Gasteiger partial charge in [0.2, 0.25) is 5.91 Å². The molecular formula is C63H123NO5. The van der Waals surface area contributed by atoms with Crippen LogP contribution in [0.4, 0.5) is 0 Å². The van der Waals surface area contributed by atoms with E-state index in [1.54, 1.807) is 0 Å². The van der Waals surface area contributed by atoms with Gasteiger partial charge in [-0.05, 0) is 51.4 Å². The molecule has 2 unspecified atom stereocenters. The Morgan fingerprint density at radius 2 is 0.681 bits per heavy atom. The first-order valence-electron chi connectivity index (χ1n) is 31.4. The summed E-state index contributed by atoms with van der Waals surface area (Å²) in [6.07, 6.45) is 70.9. The van der Waals surface area contributed by atoms with E-state index in [1.165, 1.54) is 276 Å². The number of carbonyl (C=O) groups excluding carboxylic acids is 2. The SMILES string of the molecule is CCCCCCCCC/C=C\CCCCCCCC(=O)OCCCCCCCCCCCCCCCCCCCCCCCCCCCC(=O)NC(CO)C(O)CCCCCCCCCCCCC. The Morgan fingerprint density at radius 1 is 0.391 bits per heavy atom. The predicted octanol–water partition coefficient (Wildman–Crippen LogP) is 19.6. The number of rotatable bonds is 59. The molecule has 0 heterocycles. The summed E-state index contributed by atoms with van der Waals surface area (Å²) in [5.74, 6) is -0.0231. The number of esters is 1. The molecule has 69 heavy (non-hydrogen) atoms. The Labute approximate surface area is 431 Å². The Morgan fingerprint density at radius 3 is 1.03 bits per heavy atom. The number of hydrogen-bond acceptors (Lipinski definition) is 5. The smallest absolute Gasteiger partial charge is 0.305 e. The lowest BCUT2D eigenvalue weighted by atomic mass is 10.0. The first kappa shape index (κ1) is 67.6. The van der Waals surface area contributed by atoms with Crippen LogP contribution in [0.25, 0.3) is 0 Å². The van der Waals surface area contributed by atoms with E-state index < -0.39 is 12.1 Å². The van der Waals surface area contributed by atoms with E-state index in [9.17, 15) is 19.8 Å². The van der Waals surface area contributed by atoms with E-state index in [-0.39, 0.29) is 18.5 Å². The van der Waals surface area contributed by atoms with Gasteiger partial charge in [0.15, 0.2) is 0 Å². The Kier molecular flexibility index (Phi) is 58.0. The quantitative estimate of drug-likeness (QED) is 0.0321. The molecule has 6 nitrogen and oxygen atoms in total. The van der Waals surface area contributed by atoms with Gasteiger partial charge in [-0.25, -0.2) is 0 Å². The van der Waals surface area contributed by atoms with E-state index in [0.717, 1.165) is 44.9 Å². The Balaban J connectivity index is 3.33. The van der Waals surface area contributed by atoms with Gasteiger partial charge in [-0.15, -0.1) is 0 Å². The zero-order valence-corrected chi connectivity index (χ0v) is 46.8. The molecular weight excluding hydrogens is 851 g/mol. The van der Waals surface area contributed by atoms with Crippen molar-refractivity contribution in [2.24, 2.45) is 0 Å². The lowest BCUT2D eigenvalue weighted by molar-refractivity contribution is -0.143. The van der Waals surface area contributed by atoms with Gasteiger partial charge in [-0.1, -0.05) is 302 Å². The predicted molar refractivity (Wildman–Crippen MR) is 301 cm³/mol. The zero-order chi connectivity index (χ0) is 50.0. The number of nitrogens with one attached hydrogen (secondary N) is 1. The molecule has 0 rings (SSSR count). The highest BCUT2D eigenvalue weighted by molar-refractivity contribution is 5.76.